The Morgan fingerprint density at radius 1 is 1.26 bits per heavy atom. The lowest BCUT2D eigenvalue weighted by Gasteiger charge is -2.12. The number of unbranched alkanes of at least 4 members (excludes halogenated alkanes) is 1. The van der Waals surface area contributed by atoms with Gasteiger partial charge >= 0.3 is 0 Å². The van der Waals surface area contributed by atoms with Crippen molar-refractivity contribution in [3.63, 3.8) is 0 Å². The van der Waals surface area contributed by atoms with Crippen molar-refractivity contribution in [1.29, 1.82) is 0 Å². The van der Waals surface area contributed by atoms with Crippen LogP contribution in [0.15, 0.2) is 24.3 Å². The standard InChI is InChI=1S/C19H26ClN5OS/c1-5-6-11-25-17(20)16(13(4)24-25)18(26)22-23-19(27)21-15-9-7-14(8-10-15)12(2)3/h7-10,12H,5-6,11H2,1-4H3,(H,22,26)(H2,21,23,27). The molecule has 0 aliphatic carbocycles. The van der Waals surface area contributed by atoms with Crippen LogP contribution >= 0.6 is 23.8 Å². The van der Waals surface area contributed by atoms with Crippen molar-refractivity contribution in [3.8, 4) is 0 Å². The number of anilines is 1. The molecule has 2 rings (SSSR count). The lowest BCUT2D eigenvalue weighted by Crippen LogP contribution is -2.44. The highest BCUT2D eigenvalue weighted by Crippen LogP contribution is 2.20. The van der Waals surface area contributed by atoms with E-state index in [1.54, 1.807) is 11.6 Å². The Hall–Kier alpha value is -2.12. The van der Waals surface area contributed by atoms with Crippen LogP contribution in [0.25, 0.3) is 0 Å². The van der Waals surface area contributed by atoms with Gasteiger partial charge in [-0.2, -0.15) is 5.10 Å². The summed E-state index contributed by atoms with van der Waals surface area (Å²) in [5.74, 6) is 0.0919. The van der Waals surface area contributed by atoms with Crippen LogP contribution < -0.4 is 16.2 Å². The third-order valence-corrected chi connectivity index (χ3v) is 4.73. The van der Waals surface area contributed by atoms with E-state index >= 15 is 0 Å². The van der Waals surface area contributed by atoms with Gasteiger partial charge in [0.15, 0.2) is 5.11 Å². The number of amides is 1. The number of hydrogen-bond acceptors (Lipinski definition) is 3. The summed E-state index contributed by atoms with van der Waals surface area (Å²) < 4.78 is 1.65. The second kappa shape index (κ2) is 9.71. The zero-order valence-electron chi connectivity index (χ0n) is 16.1. The molecule has 146 valence electrons. The minimum atomic E-state index is -0.375. The molecular formula is C19H26ClN5OS. The molecule has 1 heterocycles. The molecule has 0 saturated carbocycles. The lowest BCUT2D eigenvalue weighted by atomic mass is 10.0. The van der Waals surface area contributed by atoms with Crippen LogP contribution in [0.1, 0.15) is 61.1 Å². The van der Waals surface area contributed by atoms with Gasteiger partial charge in [-0.1, -0.05) is 50.9 Å². The first-order valence-corrected chi connectivity index (χ1v) is 9.82. The van der Waals surface area contributed by atoms with E-state index in [4.69, 9.17) is 23.8 Å². The highest BCUT2D eigenvalue weighted by molar-refractivity contribution is 7.80. The van der Waals surface area contributed by atoms with Crippen LogP contribution in [0.4, 0.5) is 5.69 Å². The van der Waals surface area contributed by atoms with E-state index in [1.807, 2.05) is 24.3 Å². The maximum atomic E-state index is 12.5. The molecule has 8 heteroatoms. The van der Waals surface area contributed by atoms with Gasteiger partial charge in [0.1, 0.15) is 10.7 Å². The van der Waals surface area contributed by atoms with E-state index in [0.717, 1.165) is 18.5 Å². The van der Waals surface area contributed by atoms with E-state index in [-0.39, 0.29) is 11.0 Å². The molecule has 0 atom stereocenters. The fourth-order valence-electron chi connectivity index (χ4n) is 2.56. The third-order valence-electron chi connectivity index (χ3n) is 4.14. The van der Waals surface area contributed by atoms with Gasteiger partial charge in [0.2, 0.25) is 0 Å². The van der Waals surface area contributed by atoms with Gasteiger partial charge in [-0.3, -0.25) is 20.3 Å². The van der Waals surface area contributed by atoms with Gasteiger partial charge in [0.25, 0.3) is 5.91 Å². The van der Waals surface area contributed by atoms with E-state index in [2.05, 4.69) is 42.0 Å². The summed E-state index contributed by atoms with van der Waals surface area (Å²) in [4.78, 5) is 12.5. The average Bonchev–Trinajstić information content (AvgIpc) is 2.92. The Kier molecular flexibility index (Phi) is 7.62. The first-order valence-electron chi connectivity index (χ1n) is 9.03. The maximum absolute atomic E-state index is 12.5. The number of aromatic nitrogens is 2. The molecule has 0 fully saturated rings. The second-order valence-corrected chi connectivity index (χ2v) is 7.40. The SMILES string of the molecule is CCCCn1nc(C)c(C(=O)NNC(=S)Nc2ccc(C(C)C)cc2)c1Cl. The Morgan fingerprint density at radius 2 is 1.93 bits per heavy atom. The number of carbonyl (C=O) groups is 1. The topological polar surface area (TPSA) is 71.0 Å². The molecule has 27 heavy (non-hydrogen) atoms. The number of benzene rings is 1. The number of nitrogens with one attached hydrogen (secondary N) is 3. The van der Waals surface area contributed by atoms with Crippen LogP contribution in [0.2, 0.25) is 5.15 Å². The highest BCUT2D eigenvalue weighted by atomic mass is 35.5. The number of hydrazine groups is 1. The molecule has 6 nitrogen and oxygen atoms in total. The molecule has 1 aromatic carbocycles. The zero-order chi connectivity index (χ0) is 20.0. The fourth-order valence-corrected chi connectivity index (χ4v) is 3.07. The predicted octanol–water partition coefficient (Wildman–Crippen LogP) is 4.40. The minimum Gasteiger partial charge on any atom is -0.331 e. The summed E-state index contributed by atoms with van der Waals surface area (Å²) in [6, 6.07) is 7.98. The number of rotatable bonds is 6. The normalized spacial score (nSPS) is 10.7. The number of thiocarbonyl (C=S) groups is 1. The number of carbonyl (C=O) groups excluding carboxylic acids is 1. The van der Waals surface area contributed by atoms with Gasteiger partial charge in [-0.25, -0.2) is 0 Å². The van der Waals surface area contributed by atoms with Crippen LogP contribution in [0.3, 0.4) is 0 Å². The van der Waals surface area contributed by atoms with Crippen LogP contribution in [-0.2, 0) is 6.54 Å². The minimum absolute atomic E-state index is 0.285. The van der Waals surface area contributed by atoms with Gasteiger partial charge in [0, 0.05) is 12.2 Å². The predicted molar refractivity (Wildman–Crippen MR) is 114 cm³/mol. The molecule has 0 unspecified atom stereocenters. The Balaban J connectivity index is 1.93. The number of hydrogen-bond donors (Lipinski definition) is 3. The second-order valence-electron chi connectivity index (χ2n) is 6.64. The van der Waals surface area contributed by atoms with Gasteiger partial charge in [0.05, 0.1) is 5.69 Å². The molecule has 0 bridgehead atoms. The quantitative estimate of drug-likeness (QED) is 0.489. The Morgan fingerprint density at radius 3 is 2.52 bits per heavy atom. The molecule has 0 aliphatic heterocycles. The molecular weight excluding hydrogens is 382 g/mol. The molecule has 0 radical (unpaired) electrons. The van der Waals surface area contributed by atoms with Crippen LogP contribution in [0.5, 0.6) is 0 Å². The molecule has 0 saturated heterocycles. The first-order chi connectivity index (χ1) is 12.8. The van der Waals surface area contributed by atoms with Crippen molar-refractivity contribution < 1.29 is 4.79 Å². The van der Waals surface area contributed by atoms with Crippen LogP contribution in [-0.4, -0.2) is 20.8 Å². The first kappa shape index (κ1) is 21.2. The van der Waals surface area contributed by atoms with Crippen molar-refractivity contribution in [2.24, 2.45) is 0 Å². The number of aryl methyl sites for hydroxylation is 2. The molecule has 0 spiro atoms. The maximum Gasteiger partial charge on any atom is 0.274 e. The zero-order valence-corrected chi connectivity index (χ0v) is 17.7. The summed E-state index contributed by atoms with van der Waals surface area (Å²) in [6.45, 7) is 8.81. The van der Waals surface area contributed by atoms with Gasteiger partial charge in [-0.15, -0.1) is 0 Å². The van der Waals surface area contributed by atoms with Crippen LogP contribution in [0, 0.1) is 6.92 Å². The monoisotopic (exact) mass is 407 g/mol. The summed E-state index contributed by atoms with van der Waals surface area (Å²) >= 11 is 11.5. The molecule has 1 amide bonds. The van der Waals surface area contributed by atoms with E-state index in [0.29, 0.717) is 28.9 Å². The van der Waals surface area contributed by atoms with E-state index in [9.17, 15) is 4.79 Å². The van der Waals surface area contributed by atoms with Gasteiger partial charge in [-0.05, 0) is 49.2 Å². The summed E-state index contributed by atoms with van der Waals surface area (Å²) in [6.07, 6.45) is 1.97. The van der Waals surface area contributed by atoms with Crippen molar-refractivity contribution in [2.45, 2.75) is 53.0 Å². The Bertz CT molecular complexity index is 801. The summed E-state index contributed by atoms with van der Waals surface area (Å²) in [5, 5.41) is 7.98. The largest absolute Gasteiger partial charge is 0.331 e. The number of nitrogens with zero attached hydrogens (tertiary/aromatic N) is 2. The summed E-state index contributed by atoms with van der Waals surface area (Å²) in [7, 11) is 0. The Labute approximate surface area is 170 Å². The van der Waals surface area contributed by atoms with E-state index < -0.39 is 0 Å². The van der Waals surface area contributed by atoms with Crippen molar-refractivity contribution in [1.82, 2.24) is 20.6 Å². The molecule has 1 aromatic heterocycles. The number of halogens is 1. The average molecular weight is 408 g/mol. The third kappa shape index (κ3) is 5.68. The fraction of sp³-hybridized carbons (Fsp3) is 0.421. The van der Waals surface area contributed by atoms with Crippen molar-refractivity contribution >= 4 is 40.5 Å². The van der Waals surface area contributed by atoms with Crippen molar-refractivity contribution in [3.05, 3.63) is 46.2 Å². The lowest BCUT2D eigenvalue weighted by molar-refractivity contribution is 0.0943. The summed E-state index contributed by atoms with van der Waals surface area (Å²) in [5.41, 5.74) is 8.29. The van der Waals surface area contributed by atoms with Gasteiger partial charge < -0.3 is 5.32 Å². The molecule has 2 aromatic rings. The van der Waals surface area contributed by atoms with Crippen molar-refractivity contribution in [2.75, 3.05) is 5.32 Å². The van der Waals surface area contributed by atoms with E-state index in [1.165, 1.54) is 5.56 Å². The smallest absolute Gasteiger partial charge is 0.274 e. The molecule has 3 N–H and O–H groups in total. The molecule has 0 aliphatic rings. The highest BCUT2D eigenvalue weighted by Gasteiger charge is 2.20.